The Bertz CT molecular complexity index is 831. The Morgan fingerprint density at radius 3 is 2.64 bits per heavy atom. The fourth-order valence-corrected chi connectivity index (χ4v) is 4.54. The van der Waals surface area contributed by atoms with Crippen molar-refractivity contribution in [2.45, 2.75) is 58.0 Å². The monoisotopic (exact) mass is 381 g/mol. The molecule has 148 valence electrons. The summed E-state index contributed by atoms with van der Waals surface area (Å²) in [5, 5.41) is 0. The van der Waals surface area contributed by atoms with Crippen LogP contribution < -0.4 is 0 Å². The number of fused-ring (bicyclic) bond motifs is 1. The van der Waals surface area contributed by atoms with Gasteiger partial charge in [0.05, 0.1) is 17.6 Å². The average Bonchev–Trinajstić information content (AvgIpc) is 3.19. The Labute approximate surface area is 165 Å². The van der Waals surface area contributed by atoms with Crippen molar-refractivity contribution in [3.05, 3.63) is 46.7 Å². The molecule has 2 fully saturated rings. The molecular formula is C23H27NO4. The zero-order valence-electron chi connectivity index (χ0n) is 16.6. The highest BCUT2D eigenvalue weighted by Gasteiger charge is 2.43. The predicted octanol–water partition coefficient (Wildman–Crippen LogP) is 3.90. The van der Waals surface area contributed by atoms with Crippen molar-refractivity contribution in [3.63, 3.8) is 0 Å². The smallest absolute Gasteiger partial charge is 0.336 e. The lowest BCUT2D eigenvalue weighted by Crippen LogP contribution is -2.39. The molecule has 5 heteroatoms. The van der Waals surface area contributed by atoms with Crippen molar-refractivity contribution in [3.8, 4) is 0 Å². The van der Waals surface area contributed by atoms with E-state index in [1.165, 1.54) is 0 Å². The van der Waals surface area contributed by atoms with Gasteiger partial charge in [0.15, 0.2) is 0 Å². The molecule has 28 heavy (non-hydrogen) atoms. The molecule has 0 amide bonds. The van der Waals surface area contributed by atoms with Gasteiger partial charge in [-0.3, -0.25) is 9.79 Å². The van der Waals surface area contributed by atoms with Crippen molar-refractivity contribution in [1.82, 2.24) is 0 Å². The summed E-state index contributed by atoms with van der Waals surface area (Å²) in [5.41, 5.74) is 4.22. The van der Waals surface area contributed by atoms with Crippen LogP contribution in [0.5, 0.6) is 0 Å². The molecule has 1 saturated carbocycles. The lowest BCUT2D eigenvalue weighted by molar-refractivity contribution is -0.142. The first-order chi connectivity index (χ1) is 13.5. The van der Waals surface area contributed by atoms with E-state index >= 15 is 0 Å². The molecule has 0 N–H and O–H groups in total. The highest BCUT2D eigenvalue weighted by atomic mass is 16.6. The number of nitrogens with zero attached hydrogens (tertiary/aromatic N) is 1. The second-order valence-corrected chi connectivity index (χ2v) is 8.02. The fourth-order valence-electron chi connectivity index (χ4n) is 4.54. The minimum Gasteiger partial charge on any atom is -0.460 e. The van der Waals surface area contributed by atoms with Crippen LogP contribution in [0.2, 0.25) is 0 Å². The molecule has 3 atom stereocenters. The van der Waals surface area contributed by atoms with Crippen LogP contribution >= 0.6 is 0 Å². The number of allylic oxidation sites excluding steroid dienone is 1. The van der Waals surface area contributed by atoms with Crippen molar-refractivity contribution < 1.29 is 19.1 Å². The number of hydrogen-bond acceptors (Lipinski definition) is 5. The number of Topliss-reactive ketones (excluding diaryl/α,β-unsaturated/α-hetero) is 1. The lowest BCUT2D eigenvalue weighted by atomic mass is 9.69. The molecule has 1 saturated heterocycles. The quantitative estimate of drug-likeness (QED) is 0.742. The summed E-state index contributed by atoms with van der Waals surface area (Å²) < 4.78 is 11.2. The molecule has 2 heterocycles. The number of esters is 1. The summed E-state index contributed by atoms with van der Waals surface area (Å²) in [7, 11) is 0. The van der Waals surface area contributed by atoms with Crippen LogP contribution in [0.4, 0.5) is 0 Å². The first kappa shape index (κ1) is 19.1. The van der Waals surface area contributed by atoms with Crippen LogP contribution in [-0.4, -0.2) is 36.8 Å². The van der Waals surface area contributed by atoms with Crippen molar-refractivity contribution in [1.29, 1.82) is 0 Å². The van der Waals surface area contributed by atoms with Gasteiger partial charge in [-0.25, -0.2) is 4.79 Å². The topological polar surface area (TPSA) is 65.0 Å². The van der Waals surface area contributed by atoms with E-state index in [1.807, 2.05) is 38.1 Å². The van der Waals surface area contributed by atoms with Gasteiger partial charge in [0, 0.05) is 30.4 Å². The maximum atomic E-state index is 13.1. The van der Waals surface area contributed by atoms with E-state index in [4.69, 9.17) is 9.47 Å². The van der Waals surface area contributed by atoms with Gasteiger partial charge in [0.2, 0.25) is 0 Å². The van der Waals surface area contributed by atoms with Gasteiger partial charge in [-0.2, -0.15) is 0 Å². The van der Waals surface area contributed by atoms with E-state index in [9.17, 15) is 9.59 Å². The number of ketones is 1. The van der Waals surface area contributed by atoms with E-state index in [1.54, 1.807) is 0 Å². The molecule has 0 radical (unpaired) electrons. The molecule has 1 aliphatic carbocycles. The van der Waals surface area contributed by atoms with Gasteiger partial charge in [-0.1, -0.05) is 29.8 Å². The highest BCUT2D eigenvalue weighted by Crippen LogP contribution is 2.43. The van der Waals surface area contributed by atoms with Crippen LogP contribution in [-0.2, 0) is 19.1 Å². The minimum atomic E-state index is -0.375. The SMILES string of the molecule is CC1=C(C(=O)OC[C@H]2CCCO2)[C@H](c2ccc(C)cc2)C2C(=O)CCCC2=N1. The largest absolute Gasteiger partial charge is 0.460 e. The minimum absolute atomic E-state index is 0.0263. The normalized spacial score (nSPS) is 27.4. The fraction of sp³-hybridized carbons (Fsp3) is 0.522. The van der Waals surface area contributed by atoms with Gasteiger partial charge >= 0.3 is 5.97 Å². The average molecular weight is 381 g/mol. The van der Waals surface area contributed by atoms with Crippen molar-refractivity contribution >= 4 is 17.5 Å². The zero-order chi connectivity index (χ0) is 19.7. The molecule has 1 aromatic carbocycles. The Hall–Kier alpha value is -2.27. The van der Waals surface area contributed by atoms with Crippen LogP contribution in [0.3, 0.4) is 0 Å². The summed E-state index contributed by atoms with van der Waals surface area (Å²) in [6.45, 7) is 4.86. The number of rotatable bonds is 4. The number of carbonyl (C=O) groups excluding carboxylic acids is 2. The van der Waals surface area contributed by atoms with Gasteiger partial charge in [-0.05, 0) is 45.1 Å². The number of ether oxygens (including phenoxy) is 2. The highest BCUT2D eigenvalue weighted by molar-refractivity contribution is 6.11. The number of aliphatic imine (C=N–C) groups is 1. The molecule has 0 bridgehead atoms. The summed E-state index contributed by atoms with van der Waals surface area (Å²) >= 11 is 0. The van der Waals surface area contributed by atoms with Gasteiger partial charge in [0.25, 0.3) is 0 Å². The Morgan fingerprint density at radius 1 is 1.14 bits per heavy atom. The Balaban J connectivity index is 1.68. The van der Waals surface area contributed by atoms with Crippen LogP contribution in [0.25, 0.3) is 0 Å². The molecule has 5 nitrogen and oxygen atoms in total. The van der Waals surface area contributed by atoms with Gasteiger partial charge in [0.1, 0.15) is 12.4 Å². The van der Waals surface area contributed by atoms with Crippen LogP contribution in [0.15, 0.2) is 40.5 Å². The third-order valence-electron chi connectivity index (χ3n) is 5.99. The van der Waals surface area contributed by atoms with Gasteiger partial charge < -0.3 is 9.47 Å². The maximum Gasteiger partial charge on any atom is 0.336 e. The third-order valence-corrected chi connectivity index (χ3v) is 5.99. The van der Waals surface area contributed by atoms with E-state index in [-0.39, 0.29) is 36.3 Å². The summed E-state index contributed by atoms with van der Waals surface area (Å²) in [4.78, 5) is 30.6. The standard InChI is InChI=1S/C23H27NO4/c1-14-8-10-16(11-9-14)21-20(23(26)28-13-17-5-4-12-27-17)15(2)24-18-6-3-7-19(25)22(18)21/h8-11,17,21-22H,3-7,12-13H2,1-2H3/t17-,21+,22?/m1/s1. The lowest BCUT2D eigenvalue weighted by Gasteiger charge is -2.35. The molecule has 1 unspecified atom stereocenters. The van der Waals surface area contributed by atoms with E-state index < -0.39 is 0 Å². The number of benzene rings is 1. The molecule has 4 rings (SSSR count). The van der Waals surface area contributed by atoms with E-state index in [0.717, 1.165) is 49.1 Å². The summed E-state index contributed by atoms with van der Waals surface area (Å²) in [6.07, 6.45) is 4.08. The van der Waals surface area contributed by atoms with E-state index in [0.29, 0.717) is 17.7 Å². The summed E-state index contributed by atoms with van der Waals surface area (Å²) in [6, 6.07) is 8.09. The number of hydrogen-bond donors (Lipinski definition) is 0. The van der Waals surface area contributed by atoms with Crippen molar-refractivity contribution in [2.75, 3.05) is 13.2 Å². The van der Waals surface area contributed by atoms with Crippen molar-refractivity contribution in [2.24, 2.45) is 10.9 Å². The second kappa shape index (κ2) is 8.00. The molecule has 0 aromatic heterocycles. The third kappa shape index (κ3) is 3.68. The van der Waals surface area contributed by atoms with E-state index in [2.05, 4.69) is 4.99 Å². The second-order valence-electron chi connectivity index (χ2n) is 8.02. The molecule has 3 aliphatic rings. The predicted molar refractivity (Wildman–Crippen MR) is 106 cm³/mol. The zero-order valence-corrected chi connectivity index (χ0v) is 16.6. The molecule has 1 aromatic rings. The summed E-state index contributed by atoms with van der Waals surface area (Å²) in [5.74, 6) is -0.879. The molecule has 0 spiro atoms. The first-order valence-electron chi connectivity index (χ1n) is 10.2. The molecular weight excluding hydrogens is 354 g/mol. The Morgan fingerprint density at radius 2 is 1.93 bits per heavy atom. The first-order valence-corrected chi connectivity index (χ1v) is 10.2. The maximum absolute atomic E-state index is 13.1. The number of aryl methyl sites for hydroxylation is 1. The van der Waals surface area contributed by atoms with Gasteiger partial charge in [-0.15, -0.1) is 0 Å². The van der Waals surface area contributed by atoms with Crippen LogP contribution in [0, 0.1) is 12.8 Å². The van der Waals surface area contributed by atoms with Crippen LogP contribution in [0.1, 0.15) is 56.1 Å². The molecule has 2 aliphatic heterocycles. The number of carbonyl (C=O) groups is 2. The Kier molecular flexibility index (Phi) is 5.44.